The second-order valence-electron chi connectivity index (χ2n) is 9.37. The summed E-state index contributed by atoms with van der Waals surface area (Å²) in [6, 6.07) is 18.9. The van der Waals surface area contributed by atoms with Gasteiger partial charge >= 0.3 is 0 Å². The maximum Gasteiger partial charge on any atom is 0.178 e. The lowest BCUT2D eigenvalue weighted by Gasteiger charge is -2.38. The van der Waals surface area contributed by atoms with Crippen molar-refractivity contribution in [1.82, 2.24) is 0 Å². The average molecular weight is 529 g/mol. The number of hydrogen-bond donors (Lipinski definition) is 0. The Morgan fingerprint density at radius 1 is 0.917 bits per heavy atom. The van der Waals surface area contributed by atoms with Gasteiger partial charge in [-0.25, -0.2) is 12.8 Å². The highest BCUT2D eigenvalue weighted by Crippen LogP contribution is 2.42. The average Bonchev–Trinajstić information content (AvgIpc) is 2.87. The Morgan fingerprint density at radius 3 is 2.06 bits per heavy atom. The van der Waals surface area contributed by atoms with Crippen LogP contribution in [0.4, 0.5) is 4.39 Å². The second-order valence-corrected chi connectivity index (χ2v) is 12.1. The Kier molecular flexibility index (Phi) is 8.16. The van der Waals surface area contributed by atoms with E-state index < -0.39 is 21.3 Å². The zero-order valence-electron chi connectivity index (χ0n) is 20.3. The minimum absolute atomic E-state index is 0.0372. The minimum atomic E-state index is -3.25. The largest absolute Gasteiger partial charge is 0.483 e. The number of carbonyl (C=O) groups is 1. The second kappa shape index (κ2) is 11.1. The highest BCUT2D eigenvalue weighted by atomic mass is 35.5. The van der Waals surface area contributed by atoms with Gasteiger partial charge in [0.1, 0.15) is 23.0 Å². The molecular weight excluding hydrogens is 499 g/mol. The first-order chi connectivity index (χ1) is 17.2. The van der Waals surface area contributed by atoms with Crippen molar-refractivity contribution in [3.8, 4) is 5.75 Å². The van der Waals surface area contributed by atoms with E-state index in [0.29, 0.717) is 5.75 Å². The van der Waals surface area contributed by atoms with Crippen LogP contribution in [-0.4, -0.2) is 20.0 Å². The third-order valence-corrected chi connectivity index (χ3v) is 8.87. The molecule has 0 unspecified atom stereocenters. The molecule has 1 aliphatic rings. The Labute approximate surface area is 217 Å². The molecule has 4 rings (SSSR count). The molecule has 0 spiro atoms. The summed E-state index contributed by atoms with van der Waals surface area (Å²) in [5.74, 6) is 0.312. The van der Waals surface area contributed by atoms with Gasteiger partial charge in [0.25, 0.3) is 0 Å². The van der Waals surface area contributed by atoms with Crippen LogP contribution >= 0.6 is 11.6 Å². The van der Waals surface area contributed by atoms with Crippen molar-refractivity contribution in [3.63, 3.8) is 0 Å². The topological polar surface area (TPSA) is 60.4 Å². The van der Waals surface area contributed by atoms with Crippen molar-refractivity contribution in [3.05, 3.63) is 94.3 Å². The molecule has 0 aromatic heterocycles. The van der Waals surface area contributed by atoms with Gasteiger partial charge in [0.2, 0.25) is 0 Å². The Bertz CT molecular complexity index is 1310. The van der Waals surface area contributed by atoms with Crippen LogP contribution in [0.3, 0.4) is 0 Å². The highest BCUT2D eigenvalue weighted by molar-refractivity contribution is 7.91. The maximum atomic E-state index is 14.2. The van der Waals surface area contributed by atoms with Crippen LogP contribution in [0.25, 0.3) is 0 Å². The zero-order chi connectivity index (χ0) is 25.8. The fraction of sp³-hybridized carbons (Fsp3) is 0.345. The molecule has 4 nitrogen and oxygen atoms in total. The maximum absolute atomic E-state index is 14.2. The molecule has 1 saturated carbocycles. The monoisotopic (exact) mass is 528 g/mol. The first-order valence-electron chi connectivity index (χ1n) is 12.3. The van der Waals surface area contributed by atoms with Crippen molar-refractivity contribution in [1.29, 1.82) is 0 Å². The molecular formula is C29H30ClFO4S. The van der Waals surface area contributed by atoms with Gasteiger partial charge in [-0.1, -0.05) is 55.3 Å². The molecule has 36 heavy (non-hydrogen) atoms. The molecule has 0 N–H and O–H groups in total. The molecule has 0 aliphatic heterocycles. The van der Waals surface area contributed by atoms with Crippen molar-refractivity contribution >= 4 is 27.2 Å². The fourth-order valence-electron chi connectivity index (χ4n) is 4.75. The van der Waals surface area contributed by atoms with E-state index in [-0.39, 0.29) is 34.3 Å². The van der Waals surface area contributed by atoms with E-state index in [2.05, 4.69) is 0 Å². The lowest BCUT2D eigenvalue weighted by Crippen LogP contribution is -2.35. The summed E-state index contributed by atoms with van der Waals surface area (Å²) < 4.78 is 44.6. The molecule has 0 saturated heterocycles. The number of carbonyl (C=O) groups excluding carboxylic acids is 1. The summed E-state index contributed by atoms with van der Waals surface area (Å²) in [5.41, 5.74) is 1.84. The molecule has 3 aromatic carbocycles. The molecule has 3 aromatic rings. The number of halogens is 2. The van der Waals surface area contributed by atoms with Crippen LogP contribution in [0, 0.1) is 5.82 Å². The summed E-state index contributed by atoms with van der Waals surface area (Å²) in [5, 5.41) is 0.0978. The van der Waals surface area contributed by atoms with E-state index in [1.165, 1.54) is 6.07 Å². The Hall–Kier alpha value is -2.70. The van der Waals surface area contributed by atoms with E-state index in [0.717, 1.165) is 48.8 Å². The van der Waals surface area contributed by atoms with Crippen molar-refractivity contribution in [2.75, 3.05) is 5.75 Å². The third kappa shape index (κ3) is 6.16. The van der Waals surface area contributed by atoms with Gasteiger partial charge in [-0.2, -0.15) is 0 Å². The van der Waals surface area contributed by atoms with Crippen molar-refractivity contribution in [2.45, 2.75) is 62.4 Å². The molecule has 7 heteroatoms. The van der Waals surface area contributed by atoms with Gasteiger partial charge < -0.3 is 4.74 Å². The fourth-order valence-corrected chi connectivity index (χ4v) is 5.75. The van der Waals surface area contributed by atoms with E-state index in [9.17, 15) is 17.6 Å². The van der Waals surface area contributed by atoms with Crippen molar-refractivity contribution in [2.24, 2.45) is 0 Å². The smallest absolute Gasteiger partial charge is 0.178 e. The van der Waals surface area contributed by atoms with E-state index in [1.807, 2.05) is 30.3 Å². The molecule has 190 valence electrons. The van der Waals surface area contributed by atoms with E-state index in [4.69, 9.17) is 16.3 Å². The molecule has 0 heterocycles. The van der Waals surface area contributed by atoms with Gasteiger partial charge in [0.15, 0.2) is 9.84 Å². The van der Waals surface area contributed by atoms with Gasteiger partial charge in [0.05, 0.1) is 15.7 Å². The number of ketones is 1. The quantitative estimate of drug-likeness (QED) is 0.304. The van der Waals surface area contributed by atoms with Crippen LogP contribution < -0.4 is 4.74 Å². The van der Waals surface area contributed by atoms with Crippen LogP contribution in [-0.2, 0) is 33.1 Å². The summed E-state index contributed by atoms with van der Waals surface area (Å²) in [4.78, 5) is 12.9. The van der Waals surface area contributed by atoms with Crippen LogP contribution in [0.2, 0.25) is 5.02 Å². The van der Waals surface area contributed by atoms with Crippen LogP contribution in [0.5, 0.6) is 5.75 Å². The van der Waals surface area contributed by atoms with Gasteiger partial charge in [0, 0.05) is 12.8 Å². The Balaban J connectivity index is 1.42. The summed E-state index contributed by atoms with van der Waals surface area (Å²) in [6.07, 6.45) is 5.22. The number of sulfone groups is 1. The first-order valence-corrected chi connectivity index (χ1v) is 14.3. The summed E-state index contributed by atoms with van der Waals surface area (Å²) in [7, 11) is -3.25. The van der Waals surface area contributed by atoms with E-state index >= 15 is 0 Å². The van der Waals surface area contributed by atoms with Gasteiger partial charge in [-0.3, -0.25) is 4.79 Å². The van der Waals surface area contributed by atoms with E-state index in [1.54, 1.807) is 37.3 Å². The molecule has 1 fully saturated rings. The number of ether oxygens (including phenoxy) is 1. The van der Waals surface area contributed by atoms with Gasteiger partial charge in [-0.05, 0) is 78.8 Å². The van der Waals surface area contributed by atoms with Crippen LogP contribution in [0.15, 0.2) is 71.6 Å². The molecule has 0 bridgehead atoms. The normalized spacial score (nSPS) is 15.4. The summed E-state index contributed by atoms with van der Waals surface area (Å²) >= 11 is 5.90. The zero-order valence-corrected chi connectivity index (χ0v) is 21.9. The molecule has 0 radical (unpaired) electrons. The molecule has 0 amide bonds. The Morgan fingerprint density at radius 2 is 1.50 bits per heavy atom. The standard InChI is InChI=1S/C29H30ClFO4S/c1-2-36(33,34)26-13-8-22(9-14-26)19-24(32)18-21-6-11-25(12-7-21)35-29(16-4-3-5-17-29)23-10-15-27(30)28(31)20-23/h6-15,20H,2-5,16-19H2,1H3. The lowest BCUT2D eigenvalue weighted by molar-refractivity contribution is -0.117. The summed E-state index contributed by atoms with van der Waals surface area (Å²) in [6.45, 7) is 1.61. The number of benzene rings is 3. The number of hydrogen-bond acceptors (Lipinski definition) is 4. The number of Topliss-reactive ketones (excluding diaryl/α,β-unsaturated/α-hetero) is 1. The lowest BCUT2D eigenvalue weighted by atomic mass is 9.79. The first kappa shape index (κ1) is 26.4. The van der Waals surface area contributed by atoms with Gasteiger partial charge in [-0.15, -0.1) is 0 Å². The number of rotatable bonds is 9. The molecule has 1 aliphatic carbocycles. The van der Waals surface area contributed by atoms with Crippen molar-refractivity contribution < 1.29 is 22.3 Å². The predicted octanol–water partition coefficient (Wildman–Crippen LogP) is 6.87. The highest BCUT2D eigenvalue weighted by Gasteiger charge is 2.36. The van der Waals surface area contributed by atoms with Crippen LogP contribution in [0.1, 0.15) is 55.7 Å². The SMILES string of the molecule is CCS(=O)(=O)c1ccc(CC(=O)Cc2ccc(OC3(c4ccc(Cl)c(F)c4)CCCCC3)cc2)cc1. The third-order valence-electron chi connectivity index (χ3n) is 6.81. The minimum Gasteiger partial charge on any atom is -0.483 e. The molecule has 0 atom stereocenters. The predicted molar refractivity (Wildman–Crippen MR) is 140 cm³/mol.